The van der Waals surface area contributed by atoms with Gasteiger partial charge < -0.3 is 9.84 Å². The van der Waals surface area contributed by atoms with Gasteiger partial charge in [0.25, 0.3) is 0 Å². The predicted octanol–water partition coefficient (Wildman–Crippen LogP) is 3.87. The lowest BCUT2D eigenvalue weighted by molar-refractivity contribution is -0.226. The van der Waals surface area contributed by atoms with E-state index in [1.54, 1.807) is 0 Å². The lowest BCUT2D eigenvalue weighted by Crippen LogP contribution is -2.38. The minimum Gasteiger partial charge on any atom is -0.365 e. The summed E-state index contributed by atoms with van der Waals surface area (Å²) in [7, 11) is 0. The van der Waals surface area contributed by atoms with E-state index in [1.807, 2.05) is 0 Å². The quantitative estimate of drug-likeness (QED) is 0.756. The van der Waals surface area contributed by atoms with Crippen LogP contribution in [0.15, 0.2) is 0 Å². The van der Waals surface area contributed by atoms with Crippen LogP contribution in [0.4, 0.5) is 0 Å². The molecular weight excluding hydrogens is 212 g/mol. The van der Waals surface area contributed by atoms with Crippen molar-refractivity contribution in [2.75, 3.05) is 6.61 Å². The van der Waals surface area contributed by atoms with Crippen LogP contribution in [0.1, 0.15) is 71.1 Å². The first-order valence-corrected chi connectivity index (χ1v) is 7.60. The van der Waals surface area contributed by atoms with Gasteiger partial charge in [0.05, 0.1) is 0 Å². The van der Waals surface area contributed by atoms with Crippen molar-refractivity contribution in [3.8, 4) is 0 Å². The Morgan fingerprint density at radius 3 is 2.18 bits per heavy atom. The highest BCUT2D eigenvalue weighted by molar-refractivity contribution is 4.83. The van der Waals surface area contributed by atoms with Crippen LogP contribution in [-0.2, 0) is 4.74 Å². The van der Waals surface area contributed by atoms with E-state index in [0.29, 0.717) is 6.61 Å². The zero-order chi connectivity index (χ0) is 12.1. The molecule has 0 amide bonds. The fraction of sp³-hybridized carbons (Fsp3) is 1.00. The van der Waals surface area contributed by atoms with Gasteiger partial charge in [-0.15, -0.1) is 0 Å². The zero-order valence-corrected chi connectivity index (χ0v) is 11.3. The summed E-state index contributed by atoms with van der Waals surface area (Å²) in [5.41, 5.74) is 0. The molecule has 2 nitrogen and oxygen atoms in total. The molecule has 2 saturated carbocycles. The van der Waals surface area contributed by atoms with Crippen molar-refractivity contribution in [2.45, 2.75) is 76.9 Å². The molecule has 0 aromatic heterocycles. The van der Waals surface area contributed by atoms with Gasteiger partial charge in [-0.05, 0) is 31.1 Å². The number of hydrogen-bond acceptors (Lipinski definition) is 2. The van der Waals surface area contributed by atoms with Gasteiger partial charge in [0, 0.05) is 19.4 Å². The van der Waals surface area contributed by atoms with E-state index in [4.69, 9.17) is 4.74 Å². The van der Waals surface area contributed by atoms with Crippen LogP contribution in [-0.4, -0.2) is 17.5 Å². The number of ether oxygens (including phenoxy) is 1. The molecule has 0 aromatic carbocycles. The zero-order valence-electron chi connectivity index (χ0n) is 11.3. The summed E-state index contributed by atoms with van der Waals surface area (Å²) < 4.78 is 5.61. The second kappa shape index (κ2) is 6.19. The van der Waals surface area contributed by atoms with Gasteiger partial charge in [0.15, 0.2) is 5.79 Å². The highest BCUT2D eigenvalue weighted by Gasteiger charge is 2.36. The number of rotatable bonds is 4. The first-order chi connectivity index (χ1) is 8.23. The van der Waals surface area contributed by atoms with E-state index in [-0.39, 0.29) is 0 Å². The average molecular weight is 240 g/mol. The van der Waals surface area contributed by atoms with E-state index in [9.17, 15) is 5.11 Å². The van der Waals surface area contributed by atoms with E-state index in [2.05, 4.69) is 6.92 Å². The maximum atomic E-state index is 10.3. The van der Waals surface area contributed by atoms with Gasteiger partial charge in [0.2, 0.25) is 0 Å². The van der Waals surface area contributed by atoms with Gasteiger partial charge in [-0.25, -0.2) is 0 Å². The summed E-state index contributed by atoms with van der Waals surface area (Å²) in [6.45, 7) is 2.79. The first-order valence-electron chi connectivity index (χ1n) is 7.60. The van der Waals surface area contributed by atoms with Crippen LogP contribution in [0.2, 0.25) is 0 Å². The van der Waals surface area contributed by atoms with Gasteiger partial charge in [0.1, 0.15) is 0 Å². The molecule has 0 heterocycles. The van der Waals surface area contributed by atoms with E-state index in [1.165, 1.54) is 44.9 Å². The third kappa shape index (κ3) is 3.69. The monoisotopic (exact) mass is 240 g/mol. The molecule has 0 aliphatic heterocycles. The summed E-state index contributed by atoms with van der Waals surface area (Å²) in [4.78, 5) is 0. The summed E-state index contributed by atoms with van der Waals surface area (Å²) in [5, 5.41) is 10.3. The van der Waals surface area contributed by atoms with Crippen LogP contribution >= 0.6 is 0 Å². The molecule has 2 rings (SSSR count). The summed E-state index contributed by atoms with van der Waals surface area (Å²) in [6.07, 6.45) is 12.2. The first kappa shape index (κ1) is 13.4. The predicted molar refractivity (Wildman–Crippen MR) is 69.7 cm³/mol. The van der Waals surface area contributed by atoms with Gasteiger partial charge in [-0.1, -0.05) is 39.0 Å². The van der Waals surface area contributed by atoms with Crippen molar-refractivity contribution in [3.63, 3.8) is 0 Å². The third-order valence-electron chi connectivity index (χ3n) is 4.70. The van der Waals surface area contributed by atoms with Crippen molar-refractivity contribution in [3.05, 3.63) is 0 Å². The van der Waals surface area contributed by atoms with Crippen LogP contribution in [0.5, 0.6) is 0 Å². The van der Waals surface area contributed by atoms with Crippen molar-refractivity contribution in [1.29, 1.82) is 0 Å². The Hall–Kier alpha value is -0.0800. The van der Waals surface area contributed by atoms with Crippen molar-refractivity contribution in [1.82, 2.24) is 0 Å². The fourth-order valence-corrected chi connectivity index (χ4v) is 3.60. The molecule has 2 heteroatoms. The highest BCUT2D eigenvalue weighted by atomic mass is 16.6. The molecular formula is C15H28O2. The molecule has 2 aliphatic carbocycles. The maximum Gasteiger partial charge on any atom is 0.165 e. The molecule has 0 radical (unpaired) electrons. The van der Waals surface area contributed by atoms with E-state index >= 15 is 0 Å². The summed E-state index contributed by atoms with van der Waals surface area (Å²) in [5.74, 6) is 1.02. The Morgan fingerprint density at radius 2 is 1.59 bits per heavy atom. The van der Waals surface area contributed by atoms with Crippen LogP contribution in [0.3, 0.4) is 0 Å². The van der Waals surface area contributed by atoms with Crippen molar-refractivity contribution < 1.29 is 9.84 Å². The molecule has 1 N–H and O–H groups in total. The topological polar surface area (TPSA) is 29.5 Å². The molecule has 0 atom stereocenters. The standard InChI is InChI=1S/C15H28O2/c1-2-12-17-15(16)10-8-14(9-11-15)13-6-4-3-5-7-13/h13-14,16H,2-12H2,1H3. The van der Waals surface area contributed by atoms with E-state index < -0.39 is 5.79 Å². The van der Waals surface area contributed by atoms with Crippen molar-refractivity contribution >= 4 is 0 Å². The van der Waals surface area contributed by atoms with Gasteiger partial charge >= 0.3 is 0 Å². The lowest BCUT2D eigenvalue weighted by Gasteiger charge is -2.39. The Balaban J connectivity index is 1.76. The number of hydrogen-bond donors (Lipinski definition) is 1. The second-order valence-electron chi connectivity index (χ2n) is 6.03. The minimum atomic E-state index is -0.790. The Bertz CT molecular complexity index is 213. The molecule has 0 saturated heterocycles. The SMILES string of the molecule is CCCOC1(O)CCC(C2CCCCC2)CC1. The van der Waals surface area contributed by atoms with Crippen LogP contribution in [0, 0.1) is 11.8 Å². The highest BCUT2D eigenvalue weighted by Crippen LogP contribution is 2.41. The van der Waals surface area contributed by atoms with Crippen molar-refractivity contribution in [2.24, 2.45) is 11.8 Å². The smallest absolute Gasteiger partial charge is 0.165 e. The molecule has 100 valence electrons. The maximum absolute atomic E-state index is 10.3. The second-order valence-corrected chi connectivity index (χ2v) is 6.03. The molecule has 2 aliphatic rings. The fourth-order valence-electron chi connectivity index (χ4n) is 3.60. The Kier molecular flexibility index (Phi) is 4.87. The lowest BCUT2D eigenvalue weighted by atomic mass is 9.72. The summed E-state index contributed by atoms with van der Waals surface area (Å²) in [6, 6.07) is 0. The van der Waals surface area contributed by atoms with Crippen LogP contribution in [0.25, 0.3) is 0 Å². The van der Waals surface area contributed by atoms with Gasteiger partial charge in [-0.2, -0.15) is 0 Å². The van der Waals surface area contributed by atoms with Crippen LogP contribution < -0.4 is 0 Å². The molecule has 0 spiro atoms. The Morgan fingerprint density at radius 1 is 1.00 bits per heavy atom. The average Bonchev–Trinajstić information content (AvgIpc) is 2.38. The molecule has 2 fully saturated rings. The third-order valence-corrected chi connectivity index (χ3v) is 4.70. The minimum absolute atomic E-state index is 0.699. The van der Waals surface area contributed by atoms with Gasteiger partial charge in [-0.3, -0.25) is 0 Å². The molecule has 17 heavy (non-hydrogen) atoms. The Labute approximate surface area is 106 Å². The normalized spacial score (nSPS) is 36.0. The van der Waals surface area contributed by atoms with E-state index in [0.717, 1.165) is 31.1 Å². The largest absolute Gasteiger partial charge is 0.365 e. The number of aliphatic hydroxyl groups is 1. The molecule has 0 unspecified atom stereocenters. The molecule has 0 aromatic rings. The summed E-state index contributed by atoms with van der Waals surface area (Å²) >= 11 is 0. The molecule has 0 bridgehead atoms.